The molecule has 1 fully saturated rings. The number of aliphatic hydroxyl groups is 12. The molecule has 0 radical (unpaired) electrons. The van der Waals surface area contributed by atoms with Crippen LogP contribution in [0.25, 0.3) is 0 Å². The molecule has 0 spiro atoms. The zero-order chi connectivity index (χ0) is 79.2. The summed E-state index contributed by atoms with van der Waals surface area (Å²) in [7, 11) is -3.68. The number of allylic oxidation sites excluding steroid dienone is 1. The lowest BCUT2D eigenvalue weighted by Crippen LogP contribution is -2.55. The molecule has 0 saturated carbocycles. The summed E-state index contributed by atoms with van der Waals surface area (Å²) in [5.74, 6) is -2.94. The molecule has 23 atom stereocenters. The summed E-state index contributed by atoms with van der Waals surface area (Å²) in [4.78, 5) is 37.2. The van der Waals surface area contributed by atoms with E-state index in [1.807, 2.05) is 19.1 Å². The number of rotatable bonds is 31. The highest BCUT2D eigenvalue weighted by Crippen LogP contribution is 2.38. The van der Waals surface area contributed by atoms with Crippen LogP contribution in [-0.2, 0) is 46.4 Å². The van der Waals surface area contributed by atoms with Crippen molar-refractivity contribution in [2.24, 2.45) is 29.4 Å². The highest BCUT2D eigenvalue weighted by Gasteiger charge is 2.40. The minimum absolute atomic E-state index is 0.0190. The van der Waals surface area contributed by atoms with Gasteiger partial charge in [0.15, 0.2) is 11.6 Å². The highest BCUT2D eigenvalue weighted by atomic mass is 32.3. The molecule has 28 heteroatoms. The first-order valence-electron chi connectivity index (χ1n) is 40.2. The molecule has 0 aromatic carbocycles. The summed E-state index contributed by atoms with van der Waals surface area (Å²) in [6, 6.07) is -1.21. The summed E-state index contributed by atoms with van der Waals surface area (Å²) < 4.78 is 64.3. The fourth-order valence-electron chi connectivity index (χ4n) is 14.6. The van der Waals surface area contributed by atoms with E-state index in [0.717, 1.165) is 49.1 Å². The van der Waals surface area contributed by atoms with Crippen molar-refractivity contribution in [2.45, 2.75) is 395 Å². The largest absolute Gasteiger partial charge is 0.456 e. The van der Waals surface area contributed by atoms with Gasteiger partial charge in [-0.3, -0.25) is 9.35 Å². The molecule has 4 heterocycles. The van der Waals surface area contributed by atoms with E-state index in [1.54, 1.807) is 32.3 Å². The zero-order valence-corrected chi connectivity index (χ0v) is 67.0. The Kier molecular flexibility index (Phi) is 46.6. The average Bonchev–Trinajstić information content (AvgIpc) is 1.73. The van der Waals surface area contributed by atoms with Crippen molar-refractivity contribution < 1.29 is 107 Å². The number of cyclic esters (lactones) is 1. The van der Waals surface area contributed by atoms with E-state index in [2.05, 4.69) is 29.5 Å². The van der Waals surface area contributed by atoms with Crippen LogP contribution in [0.15, 0.2) is 39.9 Å². The fraction of sp³-hybridized carbons (Fsp3) is 0.848. The number of aromatic nitrogens is 2. The number of ether oxygens (including phenoxy) is 3. The van der Waals surface area contributed by atoms with E-state index in [0.29, 0.717) is 96.3 Å². The number of carbonyl (C=O) groups excluding carboxylic acids is 2. The summed E-state index contributed by atoms with van der Waals surface area (Å²) >= 11 is 1.67. The van der Waals surface area contributed by atoms with Gasteiger partial charge in [0.05, 0.1) is 102 Å². The molecule has 1 amide bonds. The Morgan fingerprint density at radius 2 is 1.23 bits per heavy atom. The van der Waals surface area contributed by atoms with Crippen molar-refractivity contribution in [3.8, 4) is 0 Å². The zero-order valence-electron chi connectivity index (χ0n) is 65.4. The van der Waals surface area contributed by atoms with Crippen LogP contribution >= 0.6 is 11.3 Å². The number of esters is 1. The third-order valence-electron chi connectivity index (χ3n) is 21.3. The van der Waals surface area contributed by atoms with Crippen molar-refractivity contribution in [2.75, 3.05) is 7.11 Å². The third kappa shape index (κ3) is 41.2. The maximum Gasteiger partial charge on any atom is 0.397 e. The lowest BCUT2D eigenvalue weighted by molar-refractivity contribution is -0.120. The maximum atomic E-state index is 14.2. The maximum absolute atomic E-state index is 14.2. The number of carbonyl (C=O) groups is 2. The minimum atomic E-state index is -5.24. The second-order valence-electron chi connectivity index (χ2n) is 31.8. The number of aryl methyl sites for hydroxylation is 2. The number of hydrogen-bond donors (Lipinski definition) is 15. The van der Waals surface area contributed by atoms with Crippen LogP contribution in [0.4, 0.5) is 0 Å². The number of nitrogens with two attached hydrogens (primary N) is 1. The van der Waals surface area contributed by atoms with E-state index < -0.39 is 126 Å². The van der Waals surface area contributed by atoms with Crippen LogP contribution in [0.5, 0.6) is 0 Å². The van der Waals surface area contributed by atoms with Gasteiger partial charge in [-0.1, -0.05) is 90.9 Å². The standard InChI is InChI=1S/C79H140N4O22S2/c1-50-33-36-64(91)41-59(86)25-17-24-57(84)23-16-15-21-52(3)77(105-107(98,99)100)76(56(7)103-79(97)69-48-102-74(81-69)31-20-30-60(87)40-58(85)26-19-29-63(90)45-68(101-8)37-34-50)83-78(96)54(5)39-53(4)71(95)46-66(93)43-62(89)28-18-27-61(88)42-65(92)44-67(94)47-73-51(2)35-38-72(104-73)70-49-106-75(82-70)32-14-12-10-9-11-13-22-55(6)80/h34,37,39,48-53,55-68,71-73,76-77,84-95H,9-33,35-36,38,40-47,80H2,1-8H3,(H,83,96)(H,98,99,100)/b37-34+,54-39+/t50?,51?,52?,53?,55-,56?,57?,58-,59?,60+,61?,62?,63+,64?,65?,66?,67?,68-,71?,72?,73?,76?,77?/m1/s1. The van der Waals surface area contributed by atoms with Gasteiger partial charge in [-0.2, -0.15) is 8.42 Å². The van der Waals surface area contributed by atoms with Crippen molar-refractivity contribution in [1.29, 1.82) is 0 Å². The van der Waals surface area contributed by atoms with Gasteiger partial charge in [-0.25, -0.2) is 18.9 Å². The first-order valence-corrected chi connectivity index (χ1v) is 42.4. The molecule has 0 aliphatic carbocycles. The quantitative estimate of drug-likeness (QED) is 0.0110. The normalized spacial score (nSPS) is 30.0. The number of amides is 1. The second-order valence-corrected chi connectivity index (χ2v) is 33.8. The van der Waals surface area contributed by atoms with E-state index in [4.69, 9.17) is 33.5 Å². The Bertz CT molecular complexity index is 2890. The molecule has 2 aromatic heterocycles. The van der Waals surface area contributed by atoms with E-state index in [9.17, 15) is 83.8 Å². The van der Waals surface area contributed by atoms with Gasteiger partial charge in [-0.05, 0) is 212 Å². The molecule has 16 N–H and O–H groups in total. The lowest BCUT2D eigenvalue weighted by Gasteiger charge is -2.35. The summed E-state index contributed by atoms with van der Waals surface area (Å²) in [6.45, 7) is 12.2. The second kappa shape index (κ2) is 52.0. The molecule has 2 bridgehead atoms. The number of nitrogens with one attached hydrogen (secondary N) is 1. The lowest BCUT2D eigenvalue weighted by atomic mass is 9.88. The van der Waals surface area contributed by atoms with E-state index in [-0.39, 0.29) is 124 Å². The van der Waals surface area contributed by atoms with E-state index in [1.165, 1.54) is 52.0 Å². The molecular weight excluding hydrogens is 1420 g/mol. The number of nitrogens with zero attached hydrogens (tertiary/aromatic N) is 2. The van der Waals surface area contributed by atoms with Gasteiger partial charge in [-0.15, -0.1) is 11.3 Å². The fourth-order valence-corrected chi connectivity index (χ4v) is 16.1. The Morgan fingerprint density at radius 3 is 1.87 bits per heavy atom. The van der Waals surface area contributed by atoms with Crippen molar-refractivity contribution in [3.05, 3.63) is 57.7 Å². The van der Waals surface area contributed by atoms with Gasteiger partial charge >= 0.3 is 16.4 Å². The number of thiazole rings is 1. The molecule has 1 saturated heterocycles. The SMILES string of the molecule is CO[C@@H]1/C=C/C(C)CCC(O)CC(O)CCCC(O)CCCCC(C)C(OS(=O)(=O)O)C(NC(=O)/C(C)=C/C(C)C(O)CC(O)CC(O)CCCC(O)CC(O)CC(O)CC2OC(c3csc(CCCCCCCC[C@@H](C)N)n3)CCC2C)C(C)OC(=O)c2coc(n2)CCC[C@H](O)C[C@H](O)CCC[C@H](O)C1. The molecule has 2 aliphatic rings. The summed E-state index contributed by atoms with van der Waals surface area (Å²) in [6.07, 6.45) is 10.1. The number of hydrogen-bond acceptors (Lipinski definition) is 25. The molecule has 2 aliphatic heterocycles. The molecular formula is C79H140N4O22S2. The Balaban J connectivity index is 1.32. The van der Waals surface area contributed by atoms with E-state index >= 15 is 0 Å². The number of methoxy groups -OCH3 is 1. The molecule has 2 aromatic rings. The van der Waals surface area contributed by atoms with Crippen molar-refractivity contribution >= 4 is 33.6 Å². The van der Waals surface area contributed by atoms with Crippen LogP contribution in [0.2, 0.25) is 0 Å². The average molecular weight is 1560 g/mol. The molecule has 26 nitrogen and oxygen atoms in total. The summed E-state index contributed by atoms with van der Waals surface area (Å²) in [5.41, 5.74) is 6.57. The number of aliphatic hydroxyl groups excluding tert-OH is 12. The first-order chi connectivity index (χ1) is 50.7. The van der Waals surface area contributed by atoms with Gasteiger partial charge in [0.25, 0.3) is 0 Å². The molecule has 107 heavy (non-hydrogen) atoms. The van der Waals surface area contributed by atoms with Crippen LogP contribution in [0.1, 0.15) is 300 Å². The Labute approximate surface area is 642 Å². The van der Waals surface area contributed by atoms with Gasteiger partial charge < -0.3 is 91.0 Å². The number of unbranched alkanes of at least 4 members (excludes halogenated alkanes) is 5. The molecule has 620 valence electrons. The predicted octanol–water partition coefficient (Wildman–Crippen LogP) is 9.59. The minimum Gasteiger partial charge on any atom is -0.456 e. The number of oxazole rings is 1. The van der Waals surface area contributed by atoms with Crippen LogP contribution in [0.3, 0.4) is 0 Å². The first kappa shape index (κ1) is 95.9. The number of fused-ring (bicyclic) bond motifs is 2. The van der Waals surface area contributed by atoms with Crippen molar-refractivity contribution in [3.63, 3.8) is 0 Å². The predicted molar refractivity (Wildman–Crippen MR) is 410 cm³/mol. The highest BCUT2D eigenvalue weighted by molar-refractivity contribution is 7.80. The van der Waals surface area contributed by atoms with Gasteiger partial charge in [0.1, 0.15) is 24.6 Å². The third-order valence-corrected chi connectivity index (χ3v) is 22.7. The van der Waals surface area contributed by atoms with Crippen molar-refractivity contribution in [1.82, 2.24) is 15.3 Å². The van der Waals surface area contributed by atoms with Gasteiger partial charge in [0, 0.05) is 42.9 Å². The Hall–Kier alpha value is -3.47. The monoisotopic (exact) mass is 1560 g/mol. The van der Waals surface area contributed by atoms with Gasteiger partial charge in [0.2, 0.25) is 5.91 Å². The summed E-state index contributed by atoms with van der Waals surface area (Å²) in [5, 5.41) is 137. The Morgan fingerprint density at radius 1 is 0.664 bits per heavy atom. The smallest absolute Gasteiger partial charge is 0.397 e. The molecule has 4 rings (SSSR count). The van der Waals surface area contributed by atoms with Crippen LogP contribution in [-0.4, -0.2) is 213 Å². The topological polar surface area (TPSA) is 445 Å². The van der Waals surface area contributed by atoms with Crippen LogP contribution < -0.4 is 11.1 Å². The molecule has 18 unspecified atom stereocenters. The van der Waals surface area contributed by atoms with Crippen LogP contribution in [0, 0.1) is 23.7 Å².